The molecule has 0 bridgehead atoms. The largest absolute Gasteiger partial charge is 0.493 e. The van der Waals surface area contributed by atoms with E-state index in [4.69, 9.17) is 9.47 Å². The lowest BCUT2D eigenvalue weighted by Gasteiger charge is -2.15. The molecule has 2 N–H and O–H groups in total. The van der Waals surface area contributed by atoms with Gasteiger partial charge in [0.15, 0.2) is 11.5 Å². The van der Waals surface area contributed by atoms with Crippen LogP contribution in [0.15, 0.2) is 24.4 Å². The maximum Gasteiger partial charge on any atom is 0.161 e. The highest BCUT2D eigenvalue weighted by atomic mass is 16.5. The molecule has 1 aromatic carbocycles. The standard InChI is InChI=1S/C15H19N3O2/c1-19-13-7-10-3-6-17-15(12(10)8-14(13)20-2)18-11-4-5-16-9-11/h3,6-8,11,16H,4-5,9H2,1-2H3,(H,17,18). The van der Waals surface area contributed by atoms with Crippen LogP contribution < -0.4 is 20.1 Å². The topological polar surface area (TPSA) is 55.4 Å². The molecule has 1 aliphatic heterocycles. The van der Waals surface area contributed by atoms with E-state index in [1.165, 1.54) is 0 Å². The molecule has 1 atom stereocenters. The van der Waals surface area contributed by atoms with Crippen LogP contribution in [-0.4, -0.2) is 38.3 Å². The summed E-state index contributed by atoms with van der Waals surface area (Å²) in [6, 6.07) is 6.37. The molecule has 5 nitrogen and oxygen atoms in total. The van der Waals surface area contributed by atoms with Gasteiger partial charge in [0.05, 0.1) is 14.2 Å². The van der Waals surface area contributed by atoms with Gasteiger partial charge in [-0.05, 0) is 36.6 Å². The van der Waals surface area contributed by atoms with E-state index < -0.39 is 0 Å². The van der Waals surface area contributed by atoms with E-state index in [1.807, 2.05) is 24.4 Å². The number of nitrogens with one attached hydrogen (secondary N) is 2. The maximum absolute atomic E-state index is 5.38. The lowest BCUT2D eigenvalue weighted by molar-refractivity contribution is 0.356. The quantitative estimate of drug-likeness (QED) is 0.892. The number of ether oxygens (including phenoxy) is 2. The van der Waals surface area contributed by atoms with Gasteiger partial charge in [0.25, 0.3) is 0 Å². The number of fused-ring (bicyclic) bond motifs is 1. The summed E-state index contributed by atoms with van der Waals surface area (Å²) in [4.78, 5) is 4.47. The van der Waals surface area contributed by atoms with E-state index in [9.17, 15) is 0 Å². The van der Waals surface area contributed by atoms with Crippen molar-refractivity contribution in [2.24, 2.45) is 0 Å². The second-order valence-corrected chi connectivity index (χ2v) is 4.92. The molecule has 1 fully saturated rings. The van der Waals surface area contributed by atoms with Crippen molar-refractivity contribution >= 4 is 16.6 Å². The number of methoxy groups -OCH3 is 2. The summed E-state index contributed by atoms with van der Waals surface area (Å²) in [5, 5.41) is 8.99. The number of anilines is 1. The van der Waals surface area contributed by atoms with Crippen LogP contribution in [0.4, 0.5) is 5.82 Å². The van der Waals surface area contributed by atoms with E-state index in [-0.39, 0.29) is 0 Å². The maximum atomic E-state index is 5.38. The van der Waals surface area contributed by atoms with Crippen LogP contribution in [0, 0.1) is 0 Å². The fourth-order valence-corrected chi connectivity index (χ4v) is 2.59. The zero-order chi connectivity index (χ0) is 13.9. The van der Waals surface area contributed by atoms with Crippen molar-refractivity contribution in [3.63, 3.8) is 0 Å². The van der Waals surface area contributed by atoms with Gasteiger partial charge in [0, 0.05) is 24.2 Å². The highest BCUT2D eigenvalue weighted by Gasteiger charge is 2.16. The summed E-state index contributed by atoms with van der Waals surface area (Å²) in [6.07, 6.45) is 2.93. The first-order chi connectivity index (χ1) is 9.81. The van der Waals surface area contributed by atoms with Crippen molar-refractivity contribution in [1.82, 2.24) is 10.3 Å². The molecule has 2 aromatic rings. The smallest absolute Gasteiger partial charge is 0.161 e. The predicted octanol–water partition coefficient (Wildman–Crippen LogP) is 2.03. The fourth-order valence-electron chi connectivity index (χ4n) is 2.59. The first kappa shape index (κ1) is 13.0. The van der Waals surface area contributed by atoms with Crippen molar-refractivity contribution in [2.45, 2.75) is 12.5 Å². The Morgan fingerprint density at radius 3 is 2.75 bits per heavy atom. The molecule has 0 radical (unpaired) electrons. The number of benzene rings is 1. The molecular formula is C15H19N3O2. The van der Waals surface area contributed by atoms with Gasteiger partial charge in [-0.25, -0.2) is 4.98 Å². The zero-order valence-electron chi connectivity index (χ0n) is 11.8. The molecule has 0 spiro atoms. The van der Waals surface area contributed by atoms with Gasteiger partial charge >= 0.3 is 0 Å². The van der Waals surface area contributed by atoms with Gasteiger partial charge in [-0.3, -0.25) is 0 Å². The Hall–Kier alpha value is -2.01. The minimum absolute atomic E-state index is 0.432. The van der Waals surface area contributed by atoms with Crippen molar-refractivity contribution in [2.75, 3.05) is 32.6 Å². The third-order valence-electron chi connectivity index (χ3n) is 3.67. The minimum Gasteiger partial charge on any atom is -0.493 e. The van der Waals surface area contributed by atoms with Crippen LogP contribution in [0.5, 0.6) is 11.5 Å². The average Bonchev–Trinajstić information content (AvgIpc) is 2.99. The predicted molar refractivity (Wildman–Crippen MR) is 79.7 cm³/mol. The minimum atomic E-state index is 0.432. The van der Waals surface area contributed by atoms with Gasteiger partial charge in [-0.2, -0.15) is 0 Å². The van der Waals surface area contributed by atoms with Gasteiger partial charge in [0.1, 0.15) is 5.82 Å². The lowest BCUT2D eigenvalue weighted by Crippen LogP contribution is -2.22. The Morgan fingerprint density at radius 2 is 2.05 bits per heavy atom. The molecule has 2 heterocycles. The van der Waals surface area contributed by atoms with Crippen molar-refractivity contribution in [3.05, 3.63) is 24.4 Å². The monoisotopic (exact) mass is 273 g/mol. The van der Waals surface area contributed by atoms with E-state index in [0.29, 0.717) is 6.04 Å². The third kappa shape index (κ3) is 2.36. The van der Waals surface area contributed by atoms with Crippen LogP contribution in [0.2, 0.25) is 0 Å². The van der Waals surface area contributed by atoms with Gasteiger partial charge in [0.2, 0.25) is 0 Å². The Kier molecular flexibility index (Phi) is 3.60. The third-order valence-corrected chi connectivity index (χ3v) is 3.67. The number of pyridine rings is 1. The van der Waals surface area contributed by atoms with Crippen LogP contribution in [-0.2, 0) is 0 Å². The first-order valence-corrected chi connectivity index (χ1v) is 6.80. The van der Waals surface area contributed by atoms with Crippen molar-refractivity contribution in [3.8, 4) is 11.5 Å². The van der Waals surface area contributed by atoms with Gasteiger partial charge in [-0.15, -0.1) is 0 Å². The summed E-state index contributed by atoms with van der Waals surface area (Å²) < 4.78 is 10.7. The van der Waals surface area contributed by atoms with E-state index in [0.717, 1.165) is 47.6 Å². The highest BCUT2D eigenvalue weighted by molar-refractivity contribution is 5.94. The van der Waals surface area contributed by atoms with Crippen molar-refractivity contribution < 1.29 is 9.47 Å². The number of hydrogen-bond donors (Lipinski definition) is 2. The van der Waals surface area contributed by atoms with E-state index in [2.05, 4.69) is 15.6 Å². The molecule has 1 aromatic heterocycles. The first-order valence-electron chi connectivity index (χ1n) is 6.80. The molecule has 0 aliphatic carbocycles. The van der Waals surface area contributed by atoms with E-state index >= 15 is 0 Å². The molecule has 5 heteroatoms. The Bertz CT molecular complexity index is 609. The summed E-state index contributed by atoms with van der Waals surface area (Å²) >= 11 is 0. The van der Waals surface area contributed by atoms with Crippen LogP contribution >= 0.6 is 0 Å². The average molecular weight is 273 g/mol. The Morgan fingerprint density at radius 1 is 1.25 bits per heavy atom. The summed E-state index contributed by atoms with van der Waals surface area (Å²) in [5.41, 5.74) is 0. The van der Waals surface area contributed by atoms with Crippen LogP contribution in [0.3, 0.4) is 0 Å². The summed E-state index contributed by atoms with van der Waals surface area (Å²) in [7, 11) is 3.29. The highest BCUT2D eigenvalue weighted by Crippen LogP contribution is 2.34. The SMILES string of the molecule is COc1cc2ccnc(NC3CCNC3)c2cc1OC. The molecule has 1 saturated heterocycles. The second-order valence-electron chi connectivity index (χ2n) is 4.92. The summed E-state index contributed by atoms with van der Waals surface area (Å²) in [6.45, 7) is 2.03. The Balaban J connectivity index is 2.03. The normalized spacial score (nSPS) is 18.2. The molecular weight excluding hydrogens is 254 g/mol. The van der Waals surface area contributed by atoms with Crippen molar-refractivity contribution in [1.29, 1.82) is 0 Å². The molecule has 3 rings (SSSR count). The second kappa shape index (κ2) is 5.54. The molecule has 106 valence electrons. The lowest BCUT2D eigenvalue weighted by atomic mass is 10.1. The molecule has 20 heavy (non-hydrogen) atoms. The summed E-state index contributed by atoms with van der Waals surface area (Å²) in [5.74, 6) is 2.36. The molecule has 0 saturated carbocycles. The number of rotatable bonds is 4. The number of aromatic nitrogens is 1. The molecule has 1 unspecified atom stereocenters. The van der Waals surface area contributed by atoms with Crippen LogP contribution in [0.25, 0.3) is 10.8 Å². The number of hydrogen-bond acceptors (Lipinski definition) is 5. The number of nitrogens with zero attached hydrogens (tertiary/aromatic N) is 1. The van der Waals surface area contributed by atoms with E-state index in [1.54, 1.807) is 14.2 Å². The molecule has 0 amide bonds. The van der Waals surface area contributed by atoms with Gasteiger partial charge < -0.3 is 20.1 Å². The van der Waals surface area contributed by atoms with Gasteiger partial charge in [-0.1, -0.05) is 0 Å². The fraction of sp³-hybridized carbons (Fsp3) is 0.400. The zero-order valence-corrected chi connectivity index (χ0v) is 11.8. The van der Waals surface area contributed by atoms with Crippen LogP contribution in [0.1, 0.15) is 6.42 Å². The Labute approximate surface area is 118 Å². The molecule has 1 aliphatic rings.